The lowest BCUT2D eigenvalue weighted by atomic mass is 9.80. The fourth-order valence-corrected chi connectivity index (χ4v) is 1.68. The molecule has 0 aliphatic heterocycles. The number of H-pyrrole nitrogens is 1. The van der Waals surface area contributed by atoms with Crippen molar-refractivity contribution in [3.05, 3.63) is 24.0 Å². The smallest absolute Gasteiger partial charge is 0.223 e. The predicted molar refractivity (Wildman–Crippen MR) is 53.3 cm³/mol. The summed E-state index contributed by atoms with van der Waals surface area (Å²) in [4.78, 5) is 14.4. The first-order chi connectivity index (χ1) is 6.75. The molecule has 4 nitrogen and oxygen atoms in total. The second kappa shape index (κ2) is 3.84. The monoisotopic (exact) mass is 193 g/mol. The molecule has 76 valence electrons. The van der Waals surface area contributed by atoms with Gasteiger partial charge in [-0.1, -0.05) is 0 Å². The molecule has 2 rings (SSSR count). The van der Waals surface area contributed by atoms with Gasteiger partial charge in [0.25, 0.3) is 0 Å². The molecule has 1 aromatic rings. The molecule has 4 N–H and O–H groups in total. The Hall–Kier alpha value is -1.29. The van der Waals surface area contributed by atoms with Crippen LogP contribution >= 0.6 is 0 Å². The Labute approximate surface area is 82.9 Å². The first kappa shape index (κ1) is 9.27. The van der Waals surface area contributed by atoms with Crippen LogP contribution in [0.15, 0.2) is 18.5 Å². The Morgan fingerprint density at radius 3 is 3.00 bits per heavy atom. The molecule has 0 bridgehead atoms. The number of nitrogens with one attached hydrogen (secondary N) is 2. The minimum absolute atomic E-state index is 0.132. The molecule has 14 heavy (non-hydrogen) atoms. The maximum atomic E-state index is 11.5. The van der Waals surface area contributed by atoms with Crippen molar-refractivity contribution in [3.8, 4) is 0 Å². The van der Waals surface area contributed by atoms with Crippen molar-refractivity contribution >= 4 is 5.91 Å². The van der Waals surface area contributed by atoms with Gasteiger partial charge in [0, 0.05) is 30.9 Å². The highest BCUT2D eigenvalue weighted by molar-refractivity contribution is 5.79. The van der Waals surface area contributed by atoms with Gasteiger partial charge in [-0.15, -0.1) is 0 Å². The number of hydrogen-bond acceptors (Lipinski definition) is 2. The van der Waals surface area contributed by atoms with Crippen LogP contribution in [-0.2, 0) is 11.3 Å². The number of hydrogen-bond donors (Lipinski definition) is 3. The van der Waals surface area contributed by atoms with Crippen LogP contribution < -0.4 is 11.1 Å². The van der Waals surface area contributed by atoms with E-state index in [0.29, 0.717) is 6.54 Å². The van der Waals surface area contributed by atoms with Crippen molar-refractivity contribution in [3.63, 3.8) is 0 Å². The number of amides is 1. The Morgan fingerprint density at radius 2 is 2.43 bits per heavy atom. The quantitative estimate of drug-likeness (QED) is 0.649. The second-order valence-electron chi connectivity index (χ2n) is 3.87. The molecule has 1 amide bonds. The number of rotatable bonds is 3. The fraction of sp³-hybridized carbons (Fsp3) is 0.500. The average Bonchev–Trinajstić information content (AvgIpc) is 2.61. The van der Waals surface area contributed by atoms with Crippen LogP contribution in [0.3, 0.4) is 0 Å². The van der Waals surface area contributed by atoms with Crippen LogP contribution in [0.1, 0.15) is 18.4 Å². The third-order valence-electron chi connectivity index (χ3n) is 2.67. The number of aromatic nitrogens is 1. The highest BCUT2D eigenvalue weighted by Crippen LogP contribution is 2.25. The molecule has 1 aromatic heterocycles. The molecule has 1 saturated carbocycles. The summed E-state index contributed by atoms with van der Waals surface area (Å²) in [6, 6.07) is 2.19. The minimum Gasteiger partial charge on any atom is -0.367 e. The van der Waals surface area contributed by atoms with Crippen LogP contribution in [0, 0.1) is 5.92 Å². The van der Waals surface area contributed by atoms with Gasteiger partial charge in [-0.2, -0.15) is 0 Å². The van der Waals surface area contributed by atoms with E-state index < -0.39 is 0 Å². The second-order valence-corrected chi connectivity index (χ2v) is 3.87. The maximum absolute atomic E-state index is 11.5. The highest BCUT2D eigenvalue weighted by atomic mass is 16.1. The van der Waals surface area contributed by atoms with Gasteiger partial charge in [-0.25, -0.2) is 0 Å². The average molecular weight is 193 g/mol. The molecule has 1 fully saturated rings. The van der Waals surface area contributed by atoms with Crippen LogP contribution in [0.5, 0.6) is 0 Å². The third kappa shape index (κ3) is 1.96. The number of aromatic amines is 1. The molecule has 1 aliphatic rings. The van der Waals surface area contributed by atoms with Crippen molar-refractivity contribution in [1.29, 1.82) is 0 Å². The Morgan fingerprint density at radius 1 is 1.64 bits per heavy atom. The van der Waals surface area contributed by atoms with E-state index in [-0.39, 0.29) is 17.9 Å². The number of nitrogens with two attached hydrogens (primary N) is 1. The standard InChI is InChI=1S/C10H15N3O/c11-9-3-8(4-9)10(14)13-6-7-1-2-12-5-7/h1-2,5,8-9,12H,3-4,6,11H2,(H,13,14). The molecule has 0 aromatic carbocycles. The lowest BCUT2D eigenvalue weighted by Crippen LogP contribution is -2.44. The van der Waals surface area contributed by atoms with Crippen molar-refractivity contribution in [2.75, 3.05) is 0 Å². The topological polar surface area (TPSA) is 70.9 Å². The molecule has 0 atom stereocenters. The first-order valence-corrected chi connectivity index (χ1v) is 4.90. The lowest BCUT2D eigenvalue weighted by Gasteiger charge is -2.30. The van der Waals surface area contributed by atoms with Gasteiger partial charge in [0.1, 0.15) is 0 Å². The van der Waals surface area contributed by atoms with Gasteiger partial charge in [0.15, 0.2) is 0 Å². The van der Waals surface area contributed by atoms with Crippen molar-refractivity contribution in [2.45, 2.75) is 25.4 Å². The molecule has 0 radical (unpaired) electrons. The molecular weight excluding hydrogens is 178 g/mol. The van der Waals surface area contributed by atoms with E-state index >= 15 is 0 Å². The summed E-state index contributed by atoms with van der Waals surface area (Å²) in [7, 11) is 0. The summed E-state index contributed by atoms with van der Waals surface area (Å²) in [6.07, 6.45) is 5.39. The van der Waals surface area contributed by atoms with Gasteiger partial charge < -0.3 is 16.0 Å². The Bertz CT molecular complexity index is 301. The largest absolute Gasteiger partial charge is 0.367 e. The Balaban J connectivity index is 1.73. The van der Waals surface area contributed by atoms with Crippen molar-refractivity contribution in [2.24, 2.45) is 11.7 Å². The zero-order valence-corrected chi connectivity index (χ0v) is 7.99. The van der Waals surface area contributed by atoms with Gasteiger partial charge in [-0.05, 0) is 24.5 Å². The molecule has 0 unspecified atom stereocenters. The summed E-state index contributed by atoms with van der Waals surface area (Å²) in [5, 5.41) is 2.89. The Kier molecular flexibility index (Phi) is 2.54. The summed E-state index contributed by atoms with van der Waals surface area (Å²) < 4.78 is 0. The van der Waals surface area contributed by atoms with Gasteiger partial charge in [0.05, 0.1) is 0 Å². The molecule has 1 aliphatic carbocycles. The van der Waals surface area contributed by atoms with E-state index in [1.807, 2.05) is 18.5 Å². The molecule has 1 heterocycles. The maximum Gasteiger partial charge on any atom is 0.223 e. The van der Waals surface area contributed by atoms with E-state index in [9.17, 15) is 4.79 Å². The van der Waals surface area contributed by atoms with Gasteiger partial charge in [0.2, 0.25) is 5.91 Å². The molecular formula is C10H15N3O. The highest BCUT2D eigenvalue weighted by Gasteiger charge is 2.31. The van der Waals surface area contributed by atoms with Crippen molar-refractivity contribution < 1.29 is 4.79 Å². The summed E-state index contributed by atoms with van der Waals surface area (Å²) in [5.41, 5.74) is 6.71. The first-order valence-electron chi connectivity index (χ1n) is 4.90. The van der Waals surface area contributed by atoms with Crippen LogP contribution in [-0.4, -0.2) is 16.9 Å². The molecule has 0 spiro atoms. The summed E-state index contributed by atoms with van der Waals surface area (Å²) in [6.45, 7) is 0.605. The number of carbonyl (C=O) groups is 1. The normalized spacial score (nSPS) is 25.5. The zero-order chi connectivity index (χ0) is 9.97. The van der Waals surface area contributed by atoms with Crippen LogP contribution in [0.2, 0.25) is 0 Å². The predicted octanol–water partition coefficient (Wildman–Crippen LogP) is 0.368. The van der Waals surface area contributed by atoms with E-state index in [1.54, 1.807) is 0 Å². The van der Waals surface area contributed by atoms with Crippen LogP contribution in [0.4, 0.5) is 0 Å². The lowest BCUT2D eigenvalue weighted by molar-refractivity contribution is -0.128. The molecule has 4 heteroatoms. The SMILES string of the molecule is NC1CC(C(=O)NCc2cc[nH]c2)C1. The molecule has 0 saturated heterocycles. The zero-order valence-electron chi connectivity index (χ0n) is 7.99. The van der Waals surface area contributed by atoms with E-state index in [1.165, 1.54) is 0 Å². The van der Waals surface area contributed by atoms with E-state index in [4.69, 9.17) is 5.73 Å². The van der Waals surface area contributed by atoms with E-state index in [0.717, 1.165) is 18.4 Å². The number of carbonyl (C=O) groups excluding carboxylic acids is 1. The third-order valence-corrected chi connectivity index (χ3v) is 2.67. The minimum atomic E-state index is 0.132. The fourth-order valence-electron chi connectivity index (χ4n) is 1.68. The summed E-state index contributed by atoms with van der Waals surface area (Å²) >= 11 is 0. The van der Waals surface area contributed by atoms with Gasteiger partial charge >= 0.3 is 0 Å². The summed E-state index contributed by atoms with van der Waals surface area (Å²) in [5.74, 6) is 0.275. The van der Waals surface area contributed by atoms with Crippen molar-refractivity contribution in [1.82, 2.24) is 10.3 Å². The van der Waals surface area contributed by atoms with E-state index in [2.05, 4.69) is 10.3 Å². The van der Waals surface area contributed by atoms with Gasteiger partial charge in [-0.3, -0.25) is 4.79 Å². The van der Waals surface area contributed by atoms with Crippen LogP contribution in [0.25, 0.3) is 0 Å².